The van der Waals surface area contributed by atoms with Crippen LogP contribution in [0.1, 0.15) is 18.4 Å². The lowest BCUT2D eigenvalue weighted by atomic mass is 10.1. The zero-order valence-electron chi connectivity index (χ0n) is 9.65. The van der Waals surface area contributed by atoms with E-state index in [2.05, 4.69) is 4.98 Å². The molecule has 0 aromatic carbocycles. The van der Waals surface area contributed by atoms with Gasteiger partial charge >= 0.3 is 0 Å². The smallest absolute Gasteiger partial charge is 0.147 e. The summed E-state index contributed by atoms with van der Waals surface area (Å²) in [5.41, 5.74) is 0.476. The van der Waals surface area contributed by atoms with E-state index >= 15 is 0 Å². The Bertz CT molecular complexity index is 465. The van der Waals surface area contributed by atoms with Gasteiger partial charge in [0, 0.05) is 25.2 Å². The van der Waals surface area contributed by atoms with Gasteiger partial charge in [-0.05, 0) is 18.9 Å². The van der Waals surface area contributed by atoms with Crippen LogP contribution in [-0.2, 0) is 0 Å². The minimum absolute atomic E-state index is 0.0215. The van der Waals surface area contributed by atoms with Gasteiger partial charge in [-0.25, -0.2) is 4.98 Å². The SMILES string of the molecule is CN(CC1(CO)CC1)c1ncc(C#N)cc1Cl. The summed E-state index contributed by atoms with van der Waals surface area (Å²) >= 11 is 6.08. The Hall–Kier alpha value is -1.31. The lowest BCUT2D eigenvalue weighted by Gasteiger charge is -2.24. The van der Waals surface area contributed by atoms with E-state index in [-0.39, 0.29) is 12.0 Å². The zero-order chi connectivity index (χ0) is 12.5. The van der Waals surface area contributed by atoms with E-state index in [0.717, 1.165) is 19.4 Å². The summed E-state index contributed by atoms with van der Waals surface area (Å²) in [6.07, 6.45) is 3.60. The number of pyridine rings is 1. The molecule has 2 rings (SSSR count). The van der Waals surface area contributed by atoms with Crippen molar-refractivity contribution in [3.63, 3.8) is 0 Å². The van der Waals surface area contributed by atoms with Gasteiger partial charge in [-0.15, -0.1) is 0 Å². The molecule has 1 heterocycles. The van der Waals surface area contributed by atoms with Crippen LogP contribution in [0, 0.1) is 16.7 Å². The minimum Gasteiger partial charge on any atom is -0.396 e. The van der Waals surface area contributed by atoms with Gasteiger partial charge in [-0.1, -0.05) is 11.6 Å². The van der Waals surface area contributed by atoms with Crippen molar-refractivity contribution in [3.8, 4) is 6.07 Å². The molecule has 0 radical (unpaired) electrons. The van der Waals surface area contributed by atoms with Crippen LogP contribution in [-0.4, -0.2) is 30.3 Å². The van der Waals surface area contributed by atoms with Gasteiger partial charge in [-0.3, -0.25) is 0 Å². The van der Waals surface area contributed by atoms with Gasteiger partial charge in [0.2, 0.25) is 0 Å². The van der Waals surface area contributed by atoms with Crippen molar-refractivity contribution in [2.45, 2.75) is 12.8 Å². The number of hydrogen-bond donors (Lipinski definition) is 1. The topological polar surface area (TPSA) is 60.1 Å². The van der Waals surface area contributed by atoms with Crippen molar-refractivity contribution in [2.24, 2.45) is 5.41 Å². The molecule has 0 unspecified atom stereocenters. The second-order valence-corrected chi connectivity index (χ2v) is 5.06. The van der Waals surface area contributed by atoms with Gasteiger partial charge < -0.3 is 10.0 Å². The summed E-state index contributed by atoms with van der Waals surface area (Å²) in [4.78, 5) is 6.12. The Balaban J connectivity index is 2.14. The number of rotatable bonds is 4. The van der Waals surface area contributed by atoms with Crippen LogP contribution in [0.15, 0.2) is 12.3 Å². The molecule has 0 saturated heterocycles. The molecule has 1 fully saturated rings. The molecule has 0 aliphatic heterocycles. The van der Waals surface area contributed by atoms with E-state index in [1.54, 1.807) is 6.07 Å². The molecule has 90 valence electrons. The normalized spacial score (nSPS) is 16.4. The van der Waals surface area contributed by atoms with E-state index in [1.165, 1.54) is 6.20 Å². The number of anilines is 1. The van der Waals surface area contributed by atoms with Crippen LogP contribution in [0.4, 0.5) is 5.82 Å². The minimum atomic E-state index is 0.0215. The van der Waals surface area contributed by atoms with Crippen molar-refractivity contribution in [3.05, 3.63) is 22.8 Å². The van der Waals surface area contributed by atoms with Crippen LogP contribution >= 0.6 is 11.6 Å². The van der Waals surface area contributed by atoms with Gasteiger partial charge in [0.1, 0.15) is 11.9 Å². The number of aromatic nitrogens is 1. The summed E-state index contributed by atoms with van der Waals surface area (Å²) in [5.74, 6) is 0.658. The molecular weight excluding hydrogens is 238 g/mol. The van der Waals surface area contributed by atoms with Crippen molar-refractivity contribution in [1.82, 2.24) is 4.98 Å². The number of nitrogens with zero attached hydrogens (tertiary/aromatic N) is 3. The molecule has 1 saturated carbocycles. The Kier molecular flexibility index (Phi) is 3.23. The first-order chi connectivity index (χ1) is 8.10. The van der Waals surface area contributed by atoms with Gasteiger partial charge in [0.15, 0.2) is 0 Å². The molecule has 17 heavy (non-hydrogen) atoms. The highest BCUT2D eigenvalue weighted by molar-refractivity contribution is 6.33. The standard InChI is InChI=1S/C12H14ClN3O/c1-16(7-12(8-17)2-3-12)11-10(13)4-9(5-14)6-15-11/h4,6,17H,2-3,7-8H2,1H3. The number of aliphatic hydroxyl groups excluding tert-OH is 1. The zero-order valence-corrected chi connectivity index (χ0v) is 10.4. The van der Waals surface area contributed by atoms with Crippen LogP contribution in [0.5, 0.6) is 0 Å². The molecule has 5 heteroatoms. The van der Waals surface area contributed by atoms with Crippen LogP contribution in [0.3, 0.4) is 0 Å². The largest absolute Gasteiger partial charge is 0.396 e. The number of aliphatic hydroxyl groups is 1. The molecule has 0 amide bonds. The maximum atomic E-state index is 9.28. The van der Waals surface area contributed by atoms with Gasteiger partial charge in [0.05, 0.1) is 17.2 Å². The summed E-state index contributed by atoms with van der Waals surface area (Å²) in [5, 5.41) is 18.5. The molecule has 1 aromatic heterocycles. The van der Waals surface area contributed by atoms with Crippen molar-refractivity contribution in [2.75, 3.05) is 25.1 Å². The second-order valence-electron chi connectivity index (χ2n) is 4.66. The Labute approximate surface area is 105 Å². The van der Waals surface area contributed by atoms with Crippen molar-refractivity contribution < 1.29 is 5.11 Å². The highest BCUT2D eigenvalue weighted by Crippen LogP contribution is 2.46. The third kappa shape index (κ3) is 2.51. The fourth-order valence-electron chi connectivity index (χ4n) is 1.89. The summed E-state index contributed by atoms with van der Waals surface area (Å²) < 4.78 is 0. The van der Waals surface area contributed by atoms with E-state index in [0.29, 0.717) is 16.4 Å². The fraction of sp³-hybridized carbons (Fsp3) is 0.500. The van der Waals surface area contributed by atoms with Crippen LogP contribution in [0.25, 0.3) is 0 Å². The summed E-state index contributed by atoms with van der Waals surface area (Å²) in [6.45, 7) is 0.938. The fourth-order valence-corrected chi connectivity index (χ4v) is 2.20. The average molecular weight is 252 g/mol. The van der Waals surface area contributed by atoms with E-state index < -0.39 is 0 Å². The lowest BCUT2D eigenvalue weighted by Crippen LogP contribution is -2.29. The maximum absolute atomic E-state index is 9.28. The molecule has 0 atom stereocenters. The summed E-state index contributed by atoms with van der Waals surface area (Å²) in [6, 6.07) is 3.61. The van der Waals surface area contributed by atoms with Crippen molar-refractivity contribution >= 4 is 17.4 Å². The molecule has 1 aliphatic rings. The van der Waals surface area contributed by atoms with Crippen LogP contribution in [0.2, 0.25) is 5.02 Å². The van der Waals surface area contributed by atoms with E-state index in [4.69, 9.17) is 16.9 Å². The third-order valence-corrected chi connectivity index (χ3v) is 3.46. The first-order valence-electron chi connectivity index (χ1n) is 5.48. The molecular formula is C12H14ClN3O. The van der Waals surface area contributed by atoms with Gasteiger partial charge in [0.25, 0.3) is 0 Å². The Morgan fingerprint density at radius 3 is 2.82 bits per heavy atom. The molecule has 1 aliphatic carbocycles. The molecule has 1 aromatic rings. The van der Waals surface area contributed by atoms with Gasteiger partial charge in [-0.2, -0.15) is 5.26 Å². The quantitative estimate of drug-likeness (QED) is 0.887. The number of nitriles is 1. The van der Waals surface area contributed by atoms with Crippen molar-refractivity contribution in [1.29, 1.82) is 5.26 Å². The Morgan fingerprint density at radius 2 is 2.35 bits per heavy atom. The lowest BCUT2D eigenvalue weighted by molar-refractivity contribution is 0.215. The van der Waals surface area contributed by atoms with Crippen LogP contribution < -0.4 is 4.90 Å². The first-order valence-corrected chi connectivity index (χ1v) is 5.86. The van der Waals surface area contributed by atoms with E-state index in [9.17, 15) is 5.11 Å². The highest BCUT2D eigenvalue weighted by Gasteiger charge is 2.43. The molecule has 1 N–H and O–H groups in total. The Morgan fingerprint density at radius 1 is 1.65 bits per heavy atom. The highest BCUT2D eigenvalue weighted by atomic mass is 35.5. The summed E-state index contributed by atoms with van der Waals surface area (Å²) in [7, 11) is 1.90. The number of hydrogen-bond acceptors (Lipinski definition) is 4. The second kappa shape index (κ2) is 4.52. The first kappa shape index (κ1) is 12.2. The average Bonchev–Trinajstić information content (AvgIpc) is 3.09. The monoisotopic (exact) mass is 251 g/mol. The van der Waals surface area contributed by atoms with E-state index in [1.807, 2.05) is 18.0 Å². The third-order valence-electron chi connectivity index (χ3n) is 3.18. The predicted molar refractivity (Wildman–Crippen MR) is 66.0 cm³/mol. The maximum Gasteiger partial charge on any atom is 0.147 e. The predicted octanol–water partition coefficient (Wildman–Crippen LogP) is 1.82. The number of halogens is 1. The molecule has 4 nitrogen and oxygen atoms in total. The molecule has 0 bridgehead atoms. The molecule has 0 spiro atoms.